The van der Waals surface area contributed by atoms with E-state index in [-0.39, 0.29) is 0 Å². The lowest BCUT2D eigenvalue weighted by atomic mass is 10.2. The fourth-order valence-electron chi connectivity index (χ4n) is 1.65. The van der Waals surface area contributed by atoms with Crippen molar-refractivity contribution in [2.75, 3.05) is 17.7 Å². The Morgan fingerprint density at radius 1 is 0.938 bits per heavy atom. The van der Waals surface area contributed by atoms with E-state index in [2.05, 4.69) is 42.2 Å². The molecule has 0 spiro atoms. The van der Waals surface area contributed by atoms with Gasteiger partial charge in [-0.15, -0.1) is 0 Å². The van der Waals surface area contributed by atoms with Gasteiger partial charge in [0.05, 0.1) is 0 Å². The minimum atomic E-state index is 0.788. The van der Waals surface area contributed by atoms with Crippen molar-refractivity contribution < 1.29 is 0 Å². The Bertz CT molecular complexity index is 474. The van der Waals surface area contributed by atoms with Crippen LogP contribution in [0.5, 0.6) is 0 Å². The highest BCUT2D eigenvalue weighted by Gasteiger charge is 2.03. The van der Waals surface area contributed by atoms with Crippen molar-refractivity contribution >= 4 is 17.1 Å². The quantitative estimate of drug-likeness (QED) is 0.773. The molecule has 0 bridgehead atoms. The first kappa shape index (κ1) is 10.6. The van der Waals surface area contributed by atoms with Crippen molar-refractivity contribution in [3.05, 3.63) is 54.1 Å². The molecule has 0 aromatic heterocycles. The third kappa shape index (κ3) is 2.16. The zero-order valence-corrected chi connectivity index (χ0v) is 9.64. The molecule has 0 radical (unpaired) electrons. The Morgan fingerprint density at radius 2 is 1.62 bits per heavy atom. The third-order valence-corrected chi connectivity index (χ3v) is 2.68. The van der Waals surface area contributed by atoms with Crippen LogP contribution in [0.3, 0.4) is 0 Å². The average Bonchev–Trinajstić information content (AvgIpc) is 2.29. The Balaban J connectivity index is 2.31. The van der Waals surface area contributed by atoms with Gasteiger partial charge in [0.2, 0.25) is 0 Å². The van der Waals surface area contributed by atoms with Gasteiger partial charge in [0.25, 0.3) is 0 Å². The van der Waals surface area contributed by atoms with E-state index in [0.29, 0.717) is 0 Å². The van der Waals surface area contributed by atoms with Gasteiger partial charge in [-0.3, -0.25) is 0 Å². The highest BCUT2D eigenvalue weighted by atomic mass is 15.1. The molecular weight excluding hydrogens is 196 g/mol. The van der Waals surface area contributed by atoms with Crippen LogP contribution in [0.15, 0.2) is 48.5 Å². The minimum absolute atomic E-state index is 0.788. The van der Waals surface area contributed by atoms with Crippen LogP contribution in [0.1, 0.15) is 5.56 Å². The Hall–Kier alpha value is -1.96. The number of nitrogen functional groups attached to an aromatic ring is 1. The highest BCUT2D eigenvalue weighted by molar-refractivity contribution is 5.65. The van der Waals surface area contributed by atoms with Crippen molar-refractivity contribution in [3.63, 3.8) is 0 Å². The Kier molecular flexibility index (Phi) is 2.82. The number of anilines is 3. The summed E-state index contributed by atoms with van der Waals surface area (Å²) < 4.78 is 0. The number of rotatable bonds is 2. The van der Waals surface area contributed by atoms with E-state index in [1.807, 2.05) is 25.2 Å². The summed E-state index contributed by atoms with van der Waals surface area (Å²) in [4.78, 5) is 2.12. The van der Waals surface area contributed by atoms with Crippen LogP contribution in [0.4, 0.5) is 17.1 Å². The zero-order valence-electron chi connectivity index (χ0n) is 9.64. The number of nitrogens with zero attached hydrogens (tertiary/aromatic N) is 1. The van der Waals surface area contributed by atoms with Gasteiger partial charge in [0.1, 0.15) is 0 Å². The number of hydrogen-bond donors (Lipinski definition) is 1. The lowest BCUT2D eigenvalue weighted by Gasteiger charge is -2.19. The second-order valence-corrected chi connectivity index (χ2v) is 3.99. The topological polar surface area (TPSA) is 29.3 Å². The van der Waals surface area contributed by atoms with Crippen LogP contribution in [-0.4, -0.2) is 7.05 Å². The molecule has 2 aromatic carbocycles. The molecule has 0 aliphatic carbocycles. The summed E-state index contributed by atoms with van der Waals surface area (Å²) in [6, 6.07) is 16.3. The number of benzene rings is 2. The molecule has 0 fully saturated rings. The van der Waals surface area contributed by atoms with Gasteiger partial charge in [-0.1, -0.05) is 23.8 Å². The molecule has 2 nitrogen and oxygen atoms in total. The summed E-state index contributed by atoms with van der Waals surface area (Å²) in [5.41, 5.74) is 10.1. The molecule has 0 amide bonds. The number of aryl methyl sites for hydroxylation is 1. The first-order chi connectivity index (χ1) is 7.66. The van der Waals surface area contributed by atoms with Gasteiger partial charge in [0, 0.05) is 24.1 Å². The van der Waals surface area contributed by atoms with Crippen molar-refractivity contribution in [3.8, 4) is 0 Å². The van der Waals surface area contributed by atoms with E-state index in [0.717, 1.165) is 17.1 Å². The summed E-state index contributed by atoms with van der Waals surface area (Å²) in [6.45, 7) is 2.09. The molecule has 0 saturated carbocycles. The summed E-state index contributed by atoms with van der Waals surface area (Å²) in [7, 11) is 2.04. The molecule has 2 heteroatoms. The van der Waals surface area contributed by atoms with Crippen molar-refractivity contribution in [1.29, 1.82) is 0 Å². The van der Waals surface area contributed by atoms with E-state index in [1.54, 1.807) is 0 Å². The molecule has 0 heterocycles. The van der Waals surface area contributed by atoms with Crippen LogP contribution in [0.25, 0.3) is 0 Å². The maximum absolute atomic E-state index is 5.77. The fourth-order valence-corrected chi connectivity index (χ4v) is 1.65. The number of nitrogens with two attached hydrogens (primary N) is 1. The predicted molar refractivity (Wildman–Crippen MR) is 70.1 cm³/mol. The lowest BCUT2D eigenvalue weighted by Crippen LogP contribution is -2.09. The SMILES string of the molecule is Cc1ccc(N(C)c2cccc(N)c2)cc1. The van der Waals surface area contributed by atoms with Gasteiger partial charge in [-0.05, 0) is 37.3 Å². The molecule has 2 rings (SSSR count). The molecule has 0 unspecified atom stereocenters. The van der Waals surface area contributed by atoms with Crippen LogP contribution in [0.2, 0.25) is 0 Å². The molecule has 2 aromatic rings. The van der Waals surface area contributed by atoms with Crippen molar-refractivity contribution in [2.24, 2.45) is 0 Å². The lowest BCUT2D eigenvalue weighted by molar-refractivity contribution is 1.21. The molecule has 0 aliphatic heterocycles. The monoisotopic (exact) mass is 212 g/mol. The standard InChI is InChI=1S/C14H16N2/c1-11-6-8-13(9-7-11)16(2)14-5-3-4-12(15)10-14/h3-10H,15H2,1-2H3. The smallest absolute Gasteiger partial charge is 0.0428 e. The second-order valence-electron chi connectivity index (χ2n) is 3.99. The van der Waals surface area contributed by atoms with E-state index in [4.69, 9.17) is 5.73 Å². The summed E-state index contributed by atoms with van der Waals surface area (Å²) in [5, 5.41) is 0. The molecule has 0 atom stereocenters. The number of hydrogen-bond acceptors (Lipinski definition) is 2. The summed E-state index contributed by atoms with van der Waals surface area (Å²) in [6.07, 6.45) is 0. The first-order valence-electron chi connectivity index (χ1n) is 5.33. The van der Waals surface area contributed by atoms with Gasteiger partial charge in [-0.2, -0.15) is 0 Å². The van der Waals surface area contributed by atoms with E-state index in [1.165, 1.54) is 5.56 Å². The van der Waals surface area contributed by atoms with Crippen LogP contribution >= 0.6 is 0 Å². The average molecular weight is 212 g/mol. The maximum Gasteiger partial charge on any atom is 0.0428 e. The van der Waals surface area contributed by atoms with Gasteiger partial charge in [-0.25, -0.2) is 0 Å². The second kappa shape index (κ2) is 4.27. The largest absolute Gasteiger partial charge is 0.399 e. The van der Waals surface area contributed by atoms with Crippen LogP contribution in [0, 0.1) is 6.92 Å². The fraction of sp³-hybridized carbons (Fsp3) is 0.143. The molecule has 0 saturated heterocycles. The Morgan fingerprint density at radius 3 is 2.25 bits per heavy atom. The zero-order chi connectivity index (χ0) is 11.5. The molecule has 0 aliphatic rings. The third-order valence-electron chi connectivity index (χ3n) is 2.68. The van der Waals surface area contributed by atoms with Crippen molar-refractivity contribution in [2.45, 2.75) is 6.92 Å². The normalized spacial score (nSPS) is 10.1. The summed E-state index contributed by atoms with van der Waals surface area (Å²) in [5.74, 6) is 0. The van der Waals surface area contributed by atoms with Crippen LogP contribution < -0.4 is 10.6 Å². The first-order valence-corrected chi connectivity index (χ1v) is 5.33. The molecule has 2 N–H and O–H groups in total. The van der Waals surface area contributed by atoms with Gasteiger partial charge >= 0.3 is 0 Å². The molecule has 16 heavy (non-hydrogen) atoms. The summed E-state index contributed by atoms with van der Waals surface area (Å²) >= 11 is 0. The molecule has 82 valence electrons. The predicted octanol–water partition coefficient (Wildman–Crippen LogP) is 3.35. The van der Waals surface area contributed by atoms with Crippen LogP contribution in [-0.2, 0) is 0 Å². The maximum atomic E-state index is 5.77. The minimum Gasteiger partial charge on any atom is -0.399 e. The van der Waals surface area contributed by atoms with Gasteiger partial charge in [0.15, 0.2) is 0 Å². The van der Waals surface area contributed by atoms with Crippen molar-refractivity contribution in [1.82, 2.24) is 0 Å². The highest BCUT2D eigenvalue weighted by Crippen LogP contribution is 2.24. The van der Waals surface area contributed by atoms with E-state index >= 15 is 0 Å². The Labute approximate surface area is 96.3 Å². The van der Waals surface area contributed by atoms with Gasteiger partial charge < -0.3 is 10.6 Å². The molecular formula is C14H16N2. The van der Waals surface area contributed by atoms with E-state index < -0.39 is 0 Å². The van der Waals surface area contributed by atoms with E-state index in [9.17, 15) is 0 Å².